The zero-order valence-corrected chi connectivity index (χ0v) is 11.9. The van der Waals surface area contributed by atoms with Crippen LogP contribution in [-0.4, -0.2) is 15.9 Å². The van der Waals surface area contributed by atoms with Gasteiger partial charge in [-0.15, -0.1) is 0 Å². The summed E-state index contributed by atoms with van der Waals surface area (Å²) < 4.78 is 12.9. The van der Waals surface area contributed by atoms with Crippen LogP contribution in [0.25, 0.3) is 11.4 Å². The lowest BCUT2D eigenvalue weighted by Gasteiger charge is -2.09. The van der Waals surface area contributed by atoms with E-state index in [1.165, 1.54) is 0 Å². The molecule has 1 N–H and O–H groups in total. The number of carbonyl (C=O) groups is 1. The Morgan fingerprint density at radius 2 is 2.00 bits per heavy atom. The fraction of sp³-hybridized carbons (Fsp3) is 0.312. The molecular weight excluding hydrogens is 269 g/mol. The monoisotopic (exact) mass is 285 g/mol. The summed E-state index contributed by atoms with van der Waals surface area (Å²) in [5.74, 6) is 0.623. The lowest BCUT2D eigenvalue weighted by atomic mass is 10.1. The first-order chi connectivity index (χ1) is 10.0. The summed E-state index contributed by atoms with van der Waals surface area (Å²) in [5.41, 5.74) is 2.48. The molecule has 1 saturated carbocycles. The molecule has 0 aliphatic heterocycles. The number of aromatic nitrogens is 2. The number of anilines is 1. The molecule has 1 heterocycles. The molecule has 2 atom stereocenters. The van der Waals surface area contributed by atoms with Crippen molar-refractivity contribution in [2.75, 3.05) is 5.32 Å². The van der Waals surface area contributed by atoms with Crippen molar-refractivity contribution in [3.05, 3.63) is 42.0 Å². The molecule has 0 saturated heterocycles. The van der Waals surface area contributed by atoms with E-state index in [-0.39, 0.29) is 11.8 Å². The molecule has 1 fully saturated rings. The Labute approximate surface area is 122 Å². The quantitative estimate of drug-likeness (QED) is 0.942. The van der Waals surface area contributed by atoms with Gasteiger partial charge in [-0.1, -0.05) is 13.0 Å². The van der Waals surface area contributed by atoms with Gasteiger partial charge >= 0.3 is 0 Å². The third-order valence-electron chi connectivity index (χ3n) is 3.81. The molecule has 3 rings (SSSR count). The fourth-order valence-corrected chi connectivity index (χ4v) is 2.31. The zero-order valence-electron chi connectivity index (χ0n) is 11.9. The Kier molecular flexibility index (Phi) is 3.41. The highest BCUT2D eigenvalue weighted by atomic mass is 19.1. The highest BCUT2D eigenvalue weighted by molar-refractivity contribution is 5.95. The third kappa shape index (κ3) is 2.91. The number of rotatable bonds is 3. The molecule has 1 aliphatic carbocycles. The summed E-state index contributed by atoms with van der Waals surface area (Å²) in [6.45, 7) is 3.99. The Hall–Kier alpha value is -2.30. The van der Waals surface area contributed by atoms with Gasteiger partial charge in [-0.05, 0) is 37.0 Å². The van der Waals surface area contributed by atoms with Gasteiger partial charge in [-0.25, -0.2) is 14.4 Å². The Morgan fingerprint density at radius 1 is 1.33 bits per heavy atom. The van der Waals surface area contributed by atoms with Crippen molar-refractivity contribution in [3.63, 3.8) is 0 Å². The molecule has 0 spiro atoms. The molecule has 1 amide bonds. The van der Waals surface area contributed by atoms with Gasteiger partial charge in [0.2, 0.25) is 5.91 Å². The SMILES string of the molecule is Cc1ccc(NC(=O)[C@H]2C[C@@H]2C)cc1-c1ncc(F)cn1. The van der Waals surface area contributed by atoms with E-state index in [4.69, 9.17) is 0 Å². The van der Waals surface area contributed by atoms with Crippen molar-refractivity contribution in [3.8, 4) is 11.4 Å². The number of hydrogen-bond donors (Lipinski definition) is 1. The van der Waals surface area contributed by atoms with E-state index in [9.17, 15) is 9.18 Å². The normalized spacial score (nSPS) is 20.1. The highest BCUT2D eigenvalue weighted by Crippen LogP contribution is 2.38. The van der Waals surface area contributed by atoms with Crippen LogP contribution in [0.2, 0.25) is 0 Å². The first-order valence-electron chi connectivity index (χ1n) is 6.94. The van der Waals surface area contributed by atoms with E-state index in [1.807, 2.05) is 25.1 Å². The lowest BCUT2D eigenvalue weighted by Crippen LogP contribution is -2.14. The number of nitrogens with one attached hydrogen (secondary N) is 1. The summed E-state index contributed by atoms with van der Waals surface area (Å²) in [7, 11) is 0. The van der Waals surface area contributed by atoms with Gasteiger partial charge in [0.1, 0.15) is 0 Å². The average Bonchev–Trinajstić information content (AvgIpc) is 3.19. The van der Waals surface area contributed by atoms with Crippen molar-refractivity contribution in [2.45, 2.75) is 20.3 Å². The molecule has 0 radical (unpaired) electrons. The van der Waals surface area contributed by atoms with E-state index < -0.39 is 5.82 Å². The number of carbonyl (C=O) groups excluding carboxylic acids is 1. The lowest BCUT2D eigenvalue weighted by molar-refractivity contribution is -0.117. The van der Waals surface area contributed by atoms with Crippen LogP contribution in [0, 0.1) is 24.6 Å². The van der Waals surface area contributed by atoms with E-state index in [2.05, 4.69) is 22.2 Å². The Morgan fingerprint density at radius 3 is 2.62 bits per heavy atom. The maximum atomic E-state index is 12.9. The van der Waals surface area contributed by atoms with Crippen LogP contribution in [0.4, 0.5) is 10.1 Å². The number of aryl methyl sites for hydroxylation is 1. The smallest absolute Gasteiger partial charge is 0.227 e. The van der Waals surface area contributed by atoms with E-state index in [1.54, 1.807) is 0 Å². The number of nitrogens with zero attached hydrogens (tertiary/aromatic N) is 2. The largest absolute Gasteiger partial charge is 0.326 e. The number of amides is 1. The van der Waals surface area contributed by atoms with Gasteiger partial charge in [0, 0.05) is 17.2 Å². The molecule has 5 heteroatoms. The Balaban J connectivity index is 1.85. The van der Waals surface area contributed by atoms with Crippen LogP contribution in [-0.2, 0) is 4.79 Å². The summed E-state index contributed by atoms with van der Waals surface area (Å²) >= 11 is 0. The van der Waals surface area contributed by atoms with Gasteiger partial charge in [0.05, 0.1) is 12.4 Å². The number of benzene rings is 1. The van der Waals surface area contributed by atoms with Gasteiger partial charge in [-0.2, -0.15) is 0 Å². The van der Waals surface area contributed by atoms with Crippen LogP contribution < -0.4 is 5.32 Å². The summed E-state index contributed by atoms with van der Waals surface area (Å²) in [4.78, 5) is 20.0. The molecule has 2 aromatic rings. The number of hydrogen-bond acceptors (Lipinski definition) is 3. The van der Waals surface area contributed by atoms with Crippen molar-refractivity contribution >= 4 is 11.6 Å². The van der Waals surface area contributed by atoms with Crippen molar-refractivity contribution in [2.24, 2.45) is 11.8 Å². The van der Waals surface area contributed by atoms with Crippen LogP contribution in [0.5, 0.6) is 0 Å². The molecule has 0 bridgehead atoms. The molecule has 108 valence electrons. The van der Waals surface area contributed by atoms with Crippen molar-refractivity contribution in [1.29, 1.82) is 0 Å². The first kappa shape index (κ1) is 13.7. The van der Waals surface area contributed by atoms with Gasteiger partial charge in [0.15, 0.2) is 11.6 Å². The average molecular weight is 285 g/mol. The minimum absolute atomic E-state index is 0.0531. The molecule has 1 aromatic carbocycles. The summed E-state index contributed by atoms with van der Waals surface area (Å²) in [5, 5.41) is 2.91. The van der Waals surface area contributed by atoms with Gasteiger partial charge in [-0.3, -0.25) is 4.79 Å². The van der Waals surface area contributed by atoms with Gasteiger partial charge < -0.3 is 5.32 Å². The number of halogens is 1. The fourth-order valence-electron chi connectivity index (χ4n) is 2.31. The molecule has 1 aliphatic rings. The zero-order chi connectivity index (χ0) is 15.0. The van der Waals surface area contributed by atoms with E-state index in [0.29, 0.717) is 17.4 Å². The minimum Gasteiger partial charge on any atom is -0.326 e. The second kappa shape index (κ2) is 5.24. The molecular formula is C16H16FN3O. The molecule has 21 heavy (non-hydrogen) atoms. The summed E-state index contributed by atoms with van der Waals surface area (Å²) in [6.07, 6.45) is 3.23. The van der Waals surface area contributed by atoms with Crippen LogP contribution in [0.3, 0.4) is 0 Å². The predicted octanol–water partition coefficient (Wildman–Crippen LogP) is 3.19. The highest BCUT2D eigenvalue weighted by Gasteiger charge is 2.39. The van der Waals surface area contributed by atoms with E-state index >= 15 is 0 Å². The van der Waals surface area contributed by atoms with Crippen LogP contribution in [0.1, 0.15) is 18.9 Å². The van der Waals surface area contributed by atoms with Crippen LogP contribution in [0.15, 0.2) is 30.6 Å². The van der Waals surface area contributed by atoms with Crippen molar-refractivity contribution < 1.29 is 9.18 Å². The topological polar surface area (TPSA) is 54.9 Å². The second-order valence-corrected chi connectivity index (χ2v) is 5.56. The Bertz CT molecular complexity index is 684. The van der Waals surface area contributed by atoms with Gasteiger partial charge in [0.25, 0.3) is 0 Å². The maximum absolute atomic E-state index is 12.9. The minimum atomic E-state index is -0.469. The predicted molar refractivity (Wildman–Crippen MR) is 78.1 cm³/mol. The standard InChI is InChI=1S/C16H16FN3O/c1-9-3-4-12(20-16(21)14-5-10(14)2)6-13(9)15-18-7-11(17)8-19-15/h3-4,6-8,10,14H,5H2,1-2H3,(H,20,21)/t10-,14-/m0/s1. The van der Waals surface area contributed by atoms with Crippen molar-refractivity contribution in [1.82, 2.24) is 9.97 Å². The first-order valence-corrected chi connectivity index (χ1v) is 6.94. The molecule has 1 aromatic heterocycles. The molecule has 0 unspecified atom stereocenters. The second-order valence-electron chi connectivity index (χ2n) is 5.56. The molecule has 4 nitrogen and oxygen atoms in total. The van der Waals surface area contributed by atoms with Crippen LogP contribution >= 0.6 is 0 Å². The maximum Gasteiger partial charge on any atom is 0.227 e. The third-order valence-corrected chi connectivity index (χ3v) is 3.81. The summed E-state index contributed by atoms with van der Waals surface area (Å²) in [6, 6.07) is 5.58. The van der Waals surface area contributed by atoms with E-state index in [0.717, 1.165) is 29.9 Å².